The van der Waals surface area contributed by atoms with Crippen molar-refractivity contribution in [2.75, 3.05) is 0 Å². The van der Waals surface area contributed by atoms with Crippen molar-refractivity contribution in [3.05, 3.63) is 158 Å². The van der Waals surface area contributed by atoms with Crippen LogP contribution in [0.1, 0.15) is 0 Å². The molecule has 0 radical (unpaired) electrons. The molecule has 0 heteroatoms. The first-order valence-corrected chi connectivity index (χ1v) is 13.9. The Bertz CT molecular complexity index is 2000. The van der Waals surface area contributed by atoms with Crippen molar-refractivity contribution >= 4 is 10.8 Å². The summed E-state index contributed by atoms with van der Waals surface area (Å²) in [6.45, 7) is 0. The van der Waals surface area contributed by atoms with Crippen LogP contribution in [0.3, 0.4) is 0 Å². The Morgan fingerprint density at radius 2 is 0.675 bits per heavy atom. The molecule has 1 aliphatic rings. The van der Waals surface area contributed by atoms with Crippen LogP contribution in [-0.2, 0) is 0 Å². The average molecular weight is 507 g/mol. The molecule has 0 heterocycles. The van der Waals surface area contributed by atoms with E-state index in [4.69, 9.17) is 0 Å². The van der Waals surface area contributed by atoms with Crippen LogP contribution in [0.2, 0.25) is 0 Å². The molecule has 186 valence electrons. The van der Waals surface area contributed by atoms with Crippen molar-refractivity contribution in [3.63, 3.8) is 0 Å². The van der Waals surface area contributed by atoms with E-state index in [0.29, 0.717) is 0 Å². The van der Waals surface area contributed by atoms with Crippen LogP contribution in [-0.4, -0.2) is 0 Å². The van der Waals surface area contributed by atoms with Crippen LogP contribution in [0.4, 0.5) is 0 Å². The van der Waals surface area contributed by atoms with E-state index in [1.165, 1.54) is 77.5 Å². The van der Waals surface area contributed by atoms with Gasteiger partial charge in [0.05, 0.1) is 0 Å². The summed E-state index contributed by atoms with van der Waals surface area (Å²) < 4.78 is 0. The number of hydrogen-bond acceptors (Lipinski definition) is 0. The maximum absolute atomic E-state index is 2.35. The normalized spacial score (nSPS) is 11.5. The van der Waals surface area contributed by atoms with Crippen LogP contribution in [0, 0.1) is 0 Å². The summed E-state index contributed by atoms with van der Waals surface area (Å²) in [7, 11) is 0. The van der Waals surface area contributed by atoms with Gasteiger partial charge in [0.1, 0.15) is 0 Å². The number of rotatable bonds is 4. The first kappa shape index (κ1) is 22.8. The molecule has 0 unspecified atom stereocenters. The third-order valence-electron chi connectivity index (χ3n) is 8.26. The fourth-order valence-corrected chi connectivity index (χ4v) is 6.37. The molecule has 0 fully saturated rings. The van der Waals surface area contributed by atoms with Crippen molar-refractivity contribution in [2.45, 2.75) is 0 Å². The minimum atomic E-state index is 1.23. The Hall–Kier alpha value is -5.20. The molecule has 7 aromatic rings. The van der Waals surface area contributed by atoms with Crippen molar-refractivity contribution < 1.29 is 0 Å². The van der Waals surface area contributed by atoms with Crippen molar-refractivity contribution in [3.8, 4) is 66.8 Å². The molecule has 0 aromatic heterocycles. The second-order valence-corrected chi connectivity index (χ2v) is 10.5. The zero-order valence-corrected chi connectivity index (χ0v) is 22.0. The van der Waals surface area contributed by atoms with Crippen molar-refractivity contribution in [1.82, 2.24) is 0 Å². The number of benzene rings is 7. The molecular weight excluding hydrogens is 480 g/mol. The third kappa shape index (κ3) is 3.61. The Morgan fingerprint density at radius 1 is 0.225 bits per heavy atom. The summed E-state index contributed by atoms with van der Waals surface area (Å²) in [5.41, 5.74) is 15.3. The Labute approximate surface area is 234 Å². The molecule has 0 saturated carbocycles. The van der Waals surface area contributed by atoms with Gasteiger partial charge in [0.25, 0.3) is 0 Å². The van der Waals surface area contributed by atoms with Gasteiger partial charge in [-0.15, -0.1) is 0 Å². The lowest BCUT2D eigenvalue weighted by Crippen LogP contribution is -1.88. The highest BCUT2D eigenvalue weighted by Gasteiger charge is 2.22. The molecule has 1 aliphatic carbocycles. The van der Waals surface area contributed by atoms with E-state index in [9.17, 15) is 0 Å². The highest BCUT2D eigenvalue weighted by Crippen LogP contribution is 2.49. The quantitative estimate of drug-likeness (QED) is 0.223. The summed E-state index contributed by atoms with van der Waals surface area (Å²) in [6.07, 6.45) is 0. The Balaban J connectivity index is 1.22. The van der Waals surface area contributed by atoms with Crippen molar-refractivity contribution in [1.29, 1.82) is 0 Å². The van der Waals surface area contributed by atoms with Gasteiger partial charge < -0.3 is 0 Å². The molecule has 40 heavy (non-hydrogen) atoms. The molecule has 7 aromatic carbocycles. The summed E-state index contributed by atoms with van der Waals surface area (Å²) >= 11 is 0. The molecule has 0 atom stereocenters. The average Bonchev–Trinajstić information content (AvgIpc) is 3.37. The van der Waals surface area contributed by atoms with Crippen LogP contribution in [0.25, 0.3) is 77.5 Å². The SMILES string of the molecule is c1ccc(-c2ccc(-c3ccccc3-c3cccc(-c4ccc5c6c(cccc46)-c4ccccc4-5)c3)cc2)cc1. The molecular formula is C40H26. The van der Waals surface area contributed by atoms with Gasteiger partial charge in [-0.3, -0.25) is 0 Å². The first-order valence-electron chi connectivity index (χ1n) is 13.9. The van der Waals surface area contributed by atoms with Gasteiger partial charge in [0.2, 0.25) is 0 Å². The highest BCUT2D eigenvalue weighted by molar-refractivity contribution is 6.18. The Kier molecular flexibility index (Phi) is 5.24. The maximum Gasteiger partial charge on any atom is -0.00201 e. The van der Waals surface area contributed by atoms with Gasteiger partial charge in [0.15, 0.2) is 0 Å². The topological polar surface area (TPSA) is 0 Å². The molecule has 0 N–H and O–H groups in total. The minimum Gasteiger partial charge on any atom is -0.0622 e. The van der Waals surface area contributed by atoms with Crippen LogP contribution >= 0.6 is 0 Å². The smallest absolute Gasteiger partial charge is 0.00201 e. The van der Waals surface area contributed by atoms with E-state index in [-0.39, 0.29) is 0 Å². The van der Waals surface area contributed by atoms with E-state index in [0.717, 1.165) is 0 Å². The van der Waals surface area contributed by atoms with Crippen LogP contribution in [0.5, 0.6) is 0 Å². The number of hydrogen-bond donors (Lipinski definition) is 0. The van der Waals surface area contributed by atoms with Gasteiger partial charge in [-0.05, 0) is 83.6 Å². The first-order chi connectivity index (χ1) is 19.8. The predicted octanol–water partition coefficient (Wildman–Crippen LogP) is 11.2. The molecule has 0 amide bonds. The van der Waals surface area contributed by atoms with Crippen LogP contribution < -0.4 is 0 Å². The summed E-state index contributed by atoms with van der Waals surface area (Å²) in [6, 6.07) is 57.4. The third-order valence-corrected chi connectivity index (χ3v) is 8.26. The summed E-state index contributed by atoms with van der Waals surface area (Å²) in [4.78, 5) is 0. The monoisotopic (exact) mass is 506 g/mol. The lowest BCUT2D eigenvalue weighted by atomic mass is 9.90. The second kappa shape index (κ2) is 9.22. The molecule has 0 aliphatic heterocycles. The van der Waals surface area contributed by atoms with Gasteiger partial charge in [0, 0.05) is 0 Å². The minimum absolute atomic E-state index is 1.23. The second-order valence-electron chi connectivity index (χ2n) is 10.5. The van der Waals surface area contributed by atoms with Crippen molar-refractivity contribution in [2.24, 2.45) is 0 Å². The summed E-state index contributed by atoms with van der Waals surface area (Å²) in [5.74, 6) is 0. The highest BCUT2D eigenvalue weighted by atomic mass is 14.2. The number of fused-ring (bicyclic) bond motifs is 3. The van der Waals surface area contributed by atoms with Gasteiger partial charge in [-0.25, -0.2) is 0 Å². The lowest BCUT2D eigenvalue weighted by Gasteiger charge is -2.14. The molecule has 0 saturated heterocycles. The van der Waals surface area contributed by atoms with E-state index in [2.05, 4.69) is 158 Å². The van der Waals surface area contributed by atoms with E-state index in [1.807, 2.05) is 0 Å². The molecule has 0 bridgehead atoms. The predicted molar refractivity (Wildman–Crippen MR) is 170 cm³/mol. The summed E-state index contributed by atoms with van der Waals surface area (Å²) in [5, 5.41) is 2.68. The van der Waals surface area contributed by atoms with E-state index in [1.54, 1.807) is 0 Å². The van der Waals surface area contributed by atoms with Gasteiger partial charge in [-0.1, -0.05) is 152 Å². The van der Waals surface area contributed by atoms with Gasteiger partial charge >= 0.3 is 0 Å². The van der Waals surface area contributed by atoms with Crippen LogP contribution in [0.15, 0.2) is 158 Å². The molecule has 0 spiro atoms. The zero-order valence-electron chi connectivity index (χ0n) is 22.0. The molecule has 8 rings (SSSR count). The van der Waals surface area contributed by atoms with Gasteiger partial charge in [-0.2, -0.15) is 0 Å². The lowest BCUT2D eigenvalue weighted by molar-refractivity contribution is 1.56. The standard InChI is InChI=1S/C40H26/c1-2-10-27(11-3-1)28-20-22-29(23-21-28)32-14-4-5-15-33(32)30-12-8-13-31(26-30)34-24-25-39-36-17-7-6-16-35(36)38-19-9-18-37(34)40(38)39/h1-26H. The fraction of sp³-hybridized carbons (Fsp3) is 0. The Morgan fingerprint density at radius 3 is 1.40 bits per heavy atom. The van der Waals surface area contributed by atoms with E-state index < -0.39 is 0 Å². The zero-order chi connectivity index (χ0) is 26.5. The molecule has 0 nitrogen and oxygen atoms in total. The van der Waals surface area contributed by atoms with E-state index >= 15 is 0 Å². The maximum atomic E-state index is 2.35. The largest absolute Gasteiger partial charge is 0.0622 e. The fourth-order valence-electron chi connectivity index (χ4n) is 6.37.